The third-order valence-corrected chi connectivity index (χ3v) is 4.78. The summed E-state index contributed by atoms with van der Waals surface area (Å²) < 4.78 is 0. The molecule has 21 heavy (non-hydrogen) atoms. The van der Waals surface area contributed by atoms with E-state index in [0.29, 0.717) is 6.54 Å². The van der Waals surface area contributed by atoms with Crippen molar-refractivity contribution in [2.24, 2.45) is 5.92 Å². The molecule has 0 radical (unpaired) electrons. The second kappa shape index (κ2) is 6.85. The van der Waals surface area contributed by atoms with Gasteiger partial charge in [0.2, 0.25) is 0 Å². The first-order valence-electron chi connectivity index (χ1n) is 6.98. The lowest BCUT2D eigenvalue weighted by atomic mass is 10.0. The Kier molecular flexibility index (Phi) is 5.12. The quantitative estimate of drug-likeness (QED) is 0.780. The van der Waals surface area contributed by atoms with Crippen molar-refractivity contribution in [3.8, 4) is 0 Å². The van der Waals surface area contributed by atoms with Crippen LogP contribution in [0.15, 0.2) is 29.2 Å². The smallest absolute Gasteiger partial charge is 0.326 e. The zero-order valence-corrected chi connectivity index (χ0v) is 12.9. The van der Waals surface area contributed by atoms with Crippen LogP contribution in [0.1, 0.15) is 25.3 Å². The number of carboxylic acids is 1. The molecule has 0 saturated carbocycles. The largest absolute Gasteiger partial charge is 0.480 e. The Morgan fingerprint density at radius 2 is 2.10 bits per heavy atom. The Bertz CT molecular complexity index is 533. The molecule has 5 nitrogen and oxygen atoms in total. The maximum atomic E-state index is 11.8. The van der Waals surface area contributed by atoms with E-state index in [0.717, 1.165) is 5.75 Å². The summed E-state index contributed by atoms with van der Waals surface area (Å²) in [6, 6.07) is 6.87. The number of benzene rings is 1. The lowest BCUT2D eigenvalue weighted by molar-refractivity contribution is -0.140. The van der Waals surface area contributed by atoms with Crippen LogP contribution in [-0.2, 0) is 4.79 Å². The van der Waals surface area contributed by atoms with Crippen LogP contribution in [0.2, 0.25) is 0 Å². The highest BCUT2D eigenvalue weighted by atomic mass is 32.2. The molecule has 0 aromatic heterocycles. The zero-order valence-electron chi connectivity index (χ0n) is 12.1. The molecule has 0 spiro atoms. The van der Waals surface area contributed by atoms with Gasteiger partial charge in [-0.2, -0.15) is 0 Å². The van der Waals surface area contributed by atoms with Crippen molar-refractivity contribution in [3.63, 3.8) is 0 Å². The SMILES string of the molecule is CC(C)C(NC(=O)NCC1CSc2ccccc21)C(=O)O. The molecule has 2 atom stereocenters. The fourth-order valence-corrected chi connectivity index (χ4v) is 3.57. The number of amides is 2. The highest BCUT2D eigenvalue weighted by Crippen LogP contribution is 2.38. The van der Waals surface area contributed by atoms with Crippen molar-refractivity contribution in [1.82, 2.24) is 10.6 Å². The number of nitrogens with one attached hydrogen (secondary N) is 2. The molecule has 2 amide bonds. The van der Waals surface area contributed by atoms with Gasteiger partial charge < -0.3 is 15.7 Å². The molecule has 114 valence electrons. The lowest BCUT2D eigenvalue weighted by Gasteiger charge is -2.19. The number of hydrogen-bond donors (Lipinski definition) is 3. The van der Waals surface area contributed by atoms with Gasteiger partial charge in [-0.25, -0.2) is 9.59 Å². The van der Waals surface area contributed by atoms with E-state index >= 15 is 0 Å². The standard InChI is InChI=1S/C15H20N2O3S/c1-9(2)13(14(18)19)17-15(20)16-7-10-8-21-12-6-4-3-5-11(10)12/h3-6,9-10,13H,7-8H2,1-2H3,(H,18,19)(H2,16,17,20). The molecule has 0 bridgehead atoms. The molecule has 2 rings (SSSR count). The Labute approximate surface area is 128 Å². The van der Waals surface area contributed by atoms with E-state index in [2.05, 4.69) is 22.8 Å². The van der Waals surface area contributed by atoms with Gasteiger partial charge in [0.05, 0.1) is 0 Å². The predicted octanol–water partition coefficient (Wildman–Crippen LogP) is 2.28. The predicted molar refractivity (Wildman–Crippen MR) is 82.7 cm³/mol. The van der Waals surface area contributed by atoms with E-state index < -0.39 is 18.0 Å². The van der Waals surface area contributed by atoms with Gasteiger partial charge in [-0.1, -0.05) is 32.0 Å². The van der Waals surface area contributed by atoms with Gasteiger partial charge in [-0.15, -0.1) is 11.8 Å². The van der Waals surface area contributed by atoms with Crippen molar-refractivity contribution in [2.75, 3.05) is 12.3 Å². The Morgan fingerprint density at radius 3 is 2.76 bits per heavy atom. The van der Waals surface area contributed by atoms with E-state index in [1.807, 2.05) is 12.1 Å². The molecule has 1 aromatic carbocycles. The van der Waals surface area contributed by atoms with Crippen LogP contribution in [0.4, 0.5) is 4.79 Å². The number of carbonyl (C=O) groups excluding carboxylic acids is 1. The number of fused-ring (bicyclic) bond motifs is 1. The van der Waals surface area contributed by atoms with Gasteiger partial charge in [-0.05, 0) is 17.5 Å². The number of carbonyl (C=O) groups is 2. The van der Waals surface area contributed by atoms with Gasteiger partial charge in [0.25, 0.3) is 0 Å². The molecular formula is C15H20N2O3S. The summed E-state index contributed by atoms with van der Waals surface area (Å²) in [7, 11) is 0. The third kappa shape index (κ3) is 3.91. The lowest BCUT2D eigenvalue weighted by Crippen LogP contribution is -2.49. The van der Waals surface area contributed by atoms with E-state index in [9.17, 15) is 9.59 Å². The van der Waals surface area contributed by atoms with E-state index in [1.165, 1.54) is 10.5 Å². The first kappa shape index (κ1) is 15.7. The second-order valence-corrected chi connectivity index (χ2v) is 6.52. The van der Waals surface area contributed by atoms with Crippen LogP contribution < -0.4 is 10.6 Å². The molecule has 1 aromatic rings. The molecule has 0 fully saturated rings. The highest BCUT2D eigenvalue weighted by Gasteiger charge is 2.25. The first-order chi connectivity index (χ1) is 9.99. The minimum Gasteiger partial charge on any atom is -0.480 e. The second-order valence-electron chi connectivity index (χ2n) is 5.46. The first-order valence-corrected chi connectivity index (χ1v) is 7.96. The summed E-state index contributed by atoms with van der Waals surface area (Å²) in [4.78, 5) is 24.2. The maximum Gasteiger partial charge on any atom is 0.326 e. The monoisotopic (exact) mass is 308 g/mol. The van der Waals surface area contributed by atoms with Crippen LogP contribution in [-0.4, -0.2) is 35.4 Å². The molecule has 2 unspecified atom stereocenters. The summed E-state index contributed by atoms with van der Waals surface area (Å²) in [5.41, 5.74) is 1.25. The molecule has 1 aliphatic rings. The molecule has 0 aliphatic carbocycles. The Balaban J connectivity index is 1.86. The molecular weight excluding hydrogens is 288 g/mol. The minimum absolute atomic E-state index is 0.156. The van der Waals surface area contributed by atoms with Gasteiger partial charge in [0.15, 0.2) is 0 Å². The van der Waals surface area contributed by atoms with E-state index in [1.54, 1.807) is 25.6 Å². The van der Waals surface area contributed by atoms with Gasteiger partial charge in [0.1, 0.15) is 6.04 Å². The van der Waals surface area contributed by atoms with E-state index in [4.69, 9.17) is 5.11 Å². The van der Waals surface area contributed by atoms with Crippen LogP contribution in [0.3, 0.4) is 0 Å². The van der Waals surface area contributed by atoms with Crippen LogP contribution in [0.5, 0.6) is 0 Å². The van der Waals surface area contributed by atoms with Crippen LogP contribution in [0.25, 0.3) is 0 Å². The molecule has 3 N–H and O–H groups in total. The summed E-state index contributed by atoms with van der Waals surface area (Å²) in [6.07, 6.45) is 0. The van der Waals surface area contributed by atoms with Crippen LogP contribution in [0, 0.1) is 5.92 Å². The Morgan fingerprint density at radius 1 is 1.38 bits per heavy atom. The number of carboxylic acid groups (broad SMARTS) is 1. The van der Waals surface area contributed by atoms with Crippen molar-refractivity contribution in [2.45, 2.75) is 30.7 Å². The molecule has 1 aliphatic heterocycles. The topological polar surface area (TPSA) is 78.4 Å². The Hall–Kier alpha value is -1.69. The fraction of sp³-hybridized carbons (Fsp3) is 0.467. The van der Waals surface area contributed by atoms with Crippen molar-refractivity contribution in [1.29, 1.82) is 0 Å². The minimum atomic E-state index is -1.01. The van der Waals surface area contributed by atoms with E-state index in [-0.39, 0.29) is 11.8 Å². The molecule has 0 saturated heterocycles. The summed E-state index contributed by atoms with van der Waals surface area (Å²) in [5.74, 6) is 0.0452. The van der Waals surface area contributed by atoms with Gasteiger partial charge in [-0.3, -0.25) is 0 Å². The van der Waals surface area contributed by atoms with Crippen molar-refractivity contribution >= 4 is 23.8 Å². The number of aliphatic carboxylic acids is 1. The molecule has 6 heteroatoms. The summed E-state index contributed by atoms with van der Waals surface area (Å²) in [6.45, 7) is 4.05. The maximum absolute atomic E-state index is 11.8. The normalized spacial score (nSPS) is 18.1. The number of thioether (sulfide) groups is 1. The highest BCUT2D eigenvalue weighted by molar-refractivity contribution is 7.99. The average molecular weight is 308 g/mol. The number of rotatable bonds is 5. The number of hydrogen-bond acceptors (Lipinski definition) is 3. The van der Waals surface area contributed by atoms with Crippen molar-refractivity contribution < 1.29 is 14.7 Å². The van der Waals surface area contributed by atoms with Crippen molar-refractivity contribution in [3.05, 3.63) is 29.8 Å². The summed E-state index contributed by atoms with van der Waals surface area (Å²) >= 11 is 1.79. The molecule has 1 heterocycles. The van der Waals surface area contributed by atoms with Gasteiger partial charge >= 0.3 is 12.0 Å². The zero-order chi connectivity index (χ0) is 15.4. The summed E-state index contributed by atoms with van der Waals surface area (Å²) in [5, 5.41) is 14.3. The fourth-order valence-electron chi connectivity index (χ4n) is 2.32. The van der Waals surface area contributed by atoms with Crippen LogP contribution >= 0.6 is 11.8 Å². The van der Waals surface area contributed by atoms with Gasteiger partial charge in [0, 0.05) is 23.1 Å². The average Bonchev–Trinajstić information content (AvgIpc) is 2.85. The third-order valence-electron chi connectivity index (χ3n) is 3.53. The number of urea groups is 1.